The molecule has 4 atom stereocenters. The maximum atomic E-state index is 8.50. The van der Waals surface area contributed by atoms with Gasteiger partial charge in [0, 0.05) is 0 Å². The summed E-state index contributed by atoms with van der Waals surface area (Å²) in [5, 5.41) is 8.00. The van der Waals surface area contributed by atoms with E-state index in [1.54, 1.807) is 0 Å². The molecule has 0 spiro atoms. The van der Waals surface area contributed by atoms with Crippen molar-refractivity contribution in [3.05, 3.63) is 0 Å². The molecule has 0 heterocycles. The van der Waals surface area contributed by atoms with Gasteiger partial charge in [0.2, 0.25) is 0 Å². The van der Waals surface area contributed by atoms with Crippen molar-refractivity contribution in [2.75, 3.05) is 6.61 Å². The molecular formula is C11H18ClNO. The largest absolute Gasteiger partial charge is 0.376 e. The molecule has 1 rings (SSSR count). The van der Waals surface area contributed by atoms with E-state index in [1.165, 1.54) is 6.42 Å². The molecule has 0 N–H and O–H groups in total. The minimum atomic E-state index is -0.496. The third-order valence-electron chi connectivity index (χ3n) is 3.17. The first-order valence-electron chi connectivity index (χ1n) is 5.28. The van der Waals surface area contributed by atoms with Crippen molar-refractivity contribution >= 4 is 11.6 Å². The number of nitriles is 1. The van der Waals surface area contributed by atoms with E-state index in [2.05, 4.69) is 13.8 Å². The summed E-state index contributed by atoms with van der Waals surface area (Å²) in [7, 11) is 0. The lowest BCUT2D eigenvalue weighted by molar-refractivity contribution is 0.00631. The Labute approximate surface area is 91.2 Å². The highest BCUT2D eigenvalue weighted by Gasteiger charge is 2.25. The van der Waals surface area contributed by atoms with Crippen LogP contribution in [-0.2, 0) is 4.74 Å². The average molecular weight is 216 g/mol. The molecule has 3 heteroatoms. The van der Waals surface area contributed by atoms with Gasteiger partial charge in [-0.05, 0) is 31.1 Å². The molecule has 14 heavy (non-hydrogen) atoms. The Bertz CT molecular complexity index is 214. The van der Waals surface area contributed by atoms with Gasteiger partial charge in [-0.2, -0.15) is 5.26 Å². The van der Waals surface area contributed by atoms with Crippen LogP contribution >= 0.6 is 11.6 Å². The molecule has 0 radical (unpaired) electrons. The van der Waals surface area contributed by atoms with Crippen molar-refractivity contribution in [2.45, 2.75) is 44.6 Å². The lowest BCUT2D eigenvalue weighted by atomic mass is 9.80. The quantitative estimate of drug-likeness (QED) is 0.679. The van der Waals surface area contributed by atoms with Crippen LogP contribution in [0, 0.1) is 23.2 Å². The monoisotopic (exact) mass is 215 g/mol. The number of hydrogen-bond donors (Lipinski definition) is 0. The summed E-state index contributed by atoms with van der Waals surface area (Å²) < 4.78 is 5.60. The van der Waals surface area contributed by atoms with Crippen molar-refractivity contribution < 1.29 is 4.74 Å². The first-order chi connectivity index (χ1) is 6.63. The summed E-state index contributed by atoms with van der Waals surface area (Å²) in [6.07, 6.45) is 3.76. The molecule has 1 saturated carbocycles. The first-order valence-corrected chi connectivity index (χ1v) is 5.72. The second-order valence-electron chi connectivity index (χ2n) is 4.32. The maximum absolute atomic E-state index is 8.50. The predicted molar refractivity (Wildman–Crippen MR) is 57.2 cm³/mol. The fourth-order valence-corrected chi connectivity index (χ4v) is 1.98. The van der Waals surface area contributed by atoms with Crippen LogP contribution in [0.25, 0.3) is 0 Å². The topological polar surface area (TPSA) is 33.0 Å². The maximum Gasteiger partial charge on any atom is 0.143 e. The second kappa shape index (κ2) is 5.58. The van der Waals surface area contributed by atoms with Gasteiger partial charge in [0.1, 0.15) is 5.38 Å². The zero-order valence-electron chi connectivity index (χ0n) is 8.87. The summed E-state index contributed by atoms with van der Waals surface area (Å²) in [5.41, 5.74) is 0. The third-order valence-corrected chi connectivity index (χ3v) is 3.39. The van der Waals surface area contributed by atoms with Crippen molar-refractivity contribution in [1.82, 2.24) is 0 Å². The van der Waals surface area contributed by atoms with Crippen LogP contribution in [0.5, 0.6) is 0 Å². The Balaban J connectivity index is 2.24. The van der Waals surface area contributed by atoms with Gasteiger partial charge in [-0.3, -0.25) is 0 Å². The highest BCUT2D eigenvalue weighted by Crippen LogP contribution is 2.30. The molecule has 0 aromatic rings. The Morgan fingerprint density at radius 1 is 1.43 bits per heavy atom. The van der Waals surface area contributed by atoms with E-state index < -0.39 is 5.38 Å². The molecule has 0 amide bonds. The molecule has 0 bridgehead atoms. The summed E-state index contributed by atoms with van der Waals surface area (Å²) in [6.45, 7) is 4.92. The molecule has 0 aromatic carbocycles. The molecule has 0 saturated heterocycles. The van der Waals surface area contributed by atoms with E-state index in [4.69, 9.17) is 21.6 Å². The van der Waals surface area contributed by atoms with Crippen LogP contribution in [0.3, 0.4) is 0 Å². The lowest BCUT2D eigenvalue weighted by Crippen LogP contribution is -2.28. The van der Waals surface area contributed by atoms with Gasteiger partial charge in [0.15, 0.2) is 0 Å². The van der Waals surface area contributed by atoms with Crippen molar-refractivity contribution in [1.29, 1.82) is 5.26 Å². The first kappa shape index (κ1) is 11.8. The molecule has 1 fully saturated rings. The molecule has 4 unspecified atom stereocenters. The number of nitrogens with zero attached hydrogens (tertiary/aromatic N) is 1. The van der Waals surface area contributed by atoms with Crippen molar-refractivity contribution in [3.8, 4) is 6.07 Å². The van der Waals surface area contributed by atoms with Gasteiger partial charge in [0.25, 0.3) is 0 Å². The van der Waals surface area contributed by atoms with Gasteiger partial charge in [0.05, 0.1) is 18.8 Å². The van der Waals surface area contributed by atoms with Gasteiger partial charge < -0.3 is 4.74 Å². The van der Waals surface area contributed by atoms with E-state index in [-0.39, 0.29) is 0 Å². The van der Waals surface area contributed by atoms with Gasteiger partial charge in [-0.1, -0.05) is 13.8 Å². The molecule has 80 valence electrons. The van der Waals surface area contributed by atoms with Crippen LogP contribution in [0.1, 0.15) is 33.1 Å². The normalized spacial score (nSPS) is 34.9. The van der Waals surface area contributed by atoms with Gasteiger partial charge in [-0.15, -0.1) is 11.6 Å². The molecule has 0 aliphatic heterocycles. The zero-order chi connectivity index (χ0) is 10.6. The number of ether oxygens (including phenoxy) is 1. The van der Waals surface area contributed by atoms with Crippen molar-refractivity contribution in [3.63, 3.8) is 0 Å². The van der Waals surface area contributed by atoms with E-state index in [1.807, 2.05) is 6.07 Å². The summed E-state index contributed by atoms with van der Waals surface area (Å²) in [6, 6.07) is 1.96. The minimum Gasteiger partial charge on any atom is -0.376 e. The van der Waals surface area contributed by atoms with Crippen LogP contribution in [0.15, 0.2) is 0 Å². The average Bonchev–Trinajstić information content (AvgIpc) is 2.19. The smallest absolute Gasteiger partial charge is 0.143 e. The van der Waals surface area contributed by atoms with Crippen LogP contribution in [0.2, 0.25) is 0 Å². The molecule has 2 nitrogen and oxygen atoms in total. The fourth-order valence-electron chi connectivity index (χ4n) is 1.91. The van der Waals surface area contributed by atoms with Crippen LogP contribution in [0.4, 0.5) is 0 Å². The highest BCUT2D eigenvalue weighted by molar-refractivity contribution is 6.22. The zero-order valence-corrected chi connectivity index (χ0v) is 9.63. The second-order valence-corrected chi connectivity index (χ2v) is 4.85. The SMILES string of the molecule is CC1CCC(OCC(Cl)C#N)CC1C. The minimum absolute atomic E-state index is 0.316. The van der Waals surface area contributed by atoms with E-state index >= 15 is 0 Å². The number of hydrogen-bond acceptors (Lipinski definition) is 2. The number of alkyl halides is 1. The molecule has 1 aliphatic carbocycles. The van der Waals surface area contributed by atoms with E-state index in [9.17, 15) is 0 Å². The lowest BCUT2D eigenvalue weighted by Gasteiger charge is -2.32. The Hall–Kier alpha value is -0.260. The molecule has 0 aromatic heterocycles. The van der Waals surface area contributed by atoms with Gasteiger partial charge in [-0.25, -0.2) is 0 Å². The third kappa shape index (κ3) is 3.48. The molecular weight excluding hydrogens is 198 g/mol. The Kier molecular flexibility index (Phi) is 4.71. The Morgan fingerprint density at radius 2 is 2.14 bits per heavy atom. The summed E-state index contributed by atoms with van der Waals surface area (Å²) in [5.74, 6) is 1.53. The van der Waals surface area contributed by atoms with Crippen molar-refractivity contribution in [2.24, 2.45) is 11.8 Å². The van der Waals surface area contributed by atoms with Crippen LogP contribution < -0.4 is 0 Å². The standard InChI is InChI=1S/C11H18ClNO/c1-8-3-4-11(5-9(8)2)14-7-10(12)6-13/h8-11H,3-5,7H2,1-2H3. The van der Waals surface area contributed by atoms with Crippen LogP contribution in [-0.4, -0.2) is 18.1 Å². The molecule has 1 aliphatic rings. The fraction of sp³-hybridized carbons (Fsp3) is 0.909. The summed E-state index contributed by atoms with van der Waals surface area (Å²) in [4.78, 5) is 0. The predicted octanol–water partition coefficient (Wildman–Crippen LogP) is 2.96. The Morgan fingerprint density at radius 3 is 2.71 bits per heavy atom. The van der Waals surface area contributed by atoms with Gasteiger partial charge >= 0.3 is 0 Å². The number of rotatable bonds is 3. The highest BCUT2D eigenvalue weighted by atomic mass is 35.5. The number of halogens is 1. The van der Waals surface area contributed by atoms with E-state index in [0.717, 1.165) is 24.7 Å². The summed E-state index contributed by atoms with van der Waals surface area (Å²) >= 11 is 5.66. The van der Waals surface area contributed by atoms with E-state index in [0.29, 0.717) is 12.7 Å².